The second-order valence-electron chi connectivity index (χ2n) is 0.448. The van der Waals surface area contributed by atoms with Gasteiger partial charge in [-0.25, -0.2) is 0 Å². The molecule has 7 heteroatoms. The molecule has 4 nitrogen and oxygen atoms in total. The zero-order chi connectivity index (χ0) is 4.50. The van der Waals surface area contributed by atoms with Gasteiger partial charge in [-0.1, -0.05) is 0 Å². The van der Waals surface area contributed by atoms with Crippen molar-refractivity contribution >= 4 is 10.4 Å². The van der Waals surface area contributed by atoms with Crippen LogP contribution in [0.2, 0.25) is 0 Å². The maximum atomic E-state index is 8.74. The van der Waals surface area contributed by atoms with Crippen LogP contribution < -0.4 is 0 Å². The fraction of sp³-hybridized carbons (Fsp3) is 0. The van der Waals surface area contributed by atoms with Crippen molar-refractivity contribution in [3.63, 3.8) is 0 Å². The normalized spacial score (nSPS) is 8.29. The van der Waals surface area contributed by atoms with Gasteiger partial charge in [0.25, 0.3) is 0 Å². The minimum Gasteiger partial charge on any atom is -0.264 e. The minimum atomic E-state index is -4.67. The SMILES string of the molecule is O=S(=O)(O)O.[Ir].[Ir]. The average molecular weight is 483 g/mol. The molecule has 0 aliphatic carbocycles. The quantitative estimate of drug-likeness (QED) is 0.450. The molecule has 2 N–H and O–H groups in total. The summed E-state index contributed by atoms with van der Waals surface area (Å²) < 4.78 is 31.6. The summed E-state index contributed by atoms with van der Waals surface area (Å²) in [7, 11) is -4.67. The summed E-state index contributed by atoms with van der Waals surface area (Å²) in [6.07, 6.45) is 0. The molecule has 0 rings (SSSR count). The molecule has 2 radical (unpaired) electrons. The molecule has 0 atom stereocenters. The first-order valence-corrected chi connectivity index (χ1v) is 2.10. The Hall–Kier alpha value is 1.17. The molecule has 0 heterocycles. The van der Waals surface area contributed by atoms with Gasteiger partial charge in [-0.3, -0.25) is 9.11 Å². The van der Waals surface area contributed by atoms with Gasteiger partial charge in [0.05, 0.1) is 0 Å². The Labute approximate surface area is 68.0 Å². The summed E-state index contributed by atoms with van der Waals surface area (Å²) in [4.78, 5) is 0. The Bertz CT molecular complexity index is 92.9. The van der Waals surface area contributed by atoms with E-state index in [9.17, 15) is 0 Å². The van der Waals surface area contributed by atoms with Crippen molar-refractivity contribution in [1.29, 1.82) is 0 Å². The summed E-state index contributed by atoms with van der Waals surface area (Å²) in [5.41, 5.74) is 0. The van der Waals surface area contributed by atoms with E-state index in [1.54, 1.807) is 0 Å². The van der Waals surface area contributed by atoms with E-state index in [0.29, 0.717) is 0 Å². The van der Waals surface area contributed by atoms with Gasteiger partial charge in [0, 0.05) is 40.2 Å². The molecule has 0 saturated heterocycles. The van der Waals surface area contributed by atoms with Gasteiger partial charge in [0.2, 0.25) is 0 Å². The topological polar surface area (TPSA) is 74.6 Å². The number of rotatable bonds is 0. The van der Waals surface area contributed by atoms with Crippen molar-refractivity contribution in [3.05, 3.63) is 0 Å². The Kier molecular flexibility index (Phi) is 11.9. The van der Waals surface area contributed by atoms with E-state index in [1.165, 1.54) is 0 Å². The van der Waals surface area contributed by atoms with E-state index in [2.05, 4.69) is 0 Å². The predicted octanol–water partition coefficient (Wildman–Crippen LogP) is -0.658. The van der Waals surface area contributed by atoms with Crippen LogP contribution >= 0.6 is 0 Å². The third-order valence-corrected chi connectivity index (χ3v) is 0. The van der Waals surface area contributed by atoms with E-state index in [1.807, 2.05) is 0 Å². The molecule has 0 aliphatic heterocycles. The van der Waals surface area contributed by atoms with E-state index in [0.717, 1.165) is 0 Å². The van der Waals surface area contributed by atoms with Crippen molar-refractivity contribution in [2.75, 3.05) is 0 Å². The molecule has 0 aromatic carbocycles. The molecule has 0 aliphatic rings. The zero-order valence-corrected chi connectivity index (χ0v) is 8.39. The first kappa shape index (κ1) is 15.7. The van der Waals surface area contributed by atoms with Crippen LogP contribution in [0.25, 0.3) is 0 Å². The van der Waals surface area contributed by atoms with E-state index in [4.69, 9.17) is 17.5 Å². The van der Waals surface area contributed by atoms with Gasteiger partial charge < -0.3 is 0 Å². The van der Waals surface area contributed by atoms with Gasteiger partial charge in [0.15, 0.2) is 0 Å². The minimum absolute atomic E-state index is 0. The van der Waals surface area contributed by atoms with Crippen LogP contribution in [0.15, 0.2) is 0 Å². The standard InChI is InChI=1S/2Ir.H2O4S/c;;1-5(2,3)4/h;;(H2,1,2,3,4). The maximum Gasteiger partial charge on any atom is 0.394 e. The van der Waals surface area contributed by atoms with Crippen LogP contribution in [0.4, 0.5) is 0 Å². The largest absolute Gasteiger partial charge is 0.394 e. The second kappa shape index (κ2) is 5.31. The van der Waals surface area contributed by atoms with E-state index in [-0.39, 0.29) is 40.2 Å². The zero-order valence-electron chi connectivity index (χ0n) is 2.79. The van der Waals surface area contributed by atoms with Crippen molar-refractivity contribution in [1.82, 2.24) is 0 Å². The van der Waals surface area contributed by atoms with E-state index >= 15 is 0 Å². The van der Waals surface area contributed by atoms with Gasteiger partial charge >= 0.3 is 10.4 Å². The summed E-state index contributed by atoms with van der Waals surface area (Å²) in [6, 6.07) is 0. The molecular formula is H2Ir2O4S. The monoisotopic (exact) mass is 484 g/mol. The Morgan fingerprint density at radius 1 is 1.00 bits per heavy atom. The number of hydrogen-bond acceptors (Lipinski definition) is 2. The van der Waals surface area contributed by atoms with Gasteiger partial charge in [-0.2, -0.15) is 8.42 Å². The molecular weight excluding hydrogens is 480 g/mol. The summed E-state index contributed by atoms with van der Waals surface area (Å²) in [6.45, 7) is 0. The van der Waals surface area contributed by atoms with Crippen LogP contribution in [0.5, 0.6) is 0 Å². The molecule has 0 unspecified atom stereocenters. The molecule has 0 aromatic heterocycles. The summed E-state index contributed by atoms with van der Waals surface area (Å²) in [5.74, 6) is 0. The molecule has 0 fully saturated rings. The predicted molar refractivity (Wildman–Crippen MR) is 14.2 cm³/mol. The summed E-state index contributed by atoms with van der Waals surface area (Å²) in [5, 5.41) is 0. The molecule has 7 heavy (non-hydrogen) atoms. The van der Waals surface area contributed by atoms with Crippen LogP contribution in [0.3, 0.4) is 0 Å². The molecule has 50 valence electrons. The fourth-order valence-electron chi connectivity index (χ4n) is 0. The first-order valence-electron chi connectivity index (χ1n) is 0.698. The van der Waals surface area contributed by atoms with Crippen molar-refractivity contribution in [3.8, 4) is 0 Å². The molecule has 0 spiro atoms. The van der Waals surface area contributed by atoms with Crippen LogP contribution in [0.1, 0.15) is 0 Å². The van der Waals surface area contributed by atoms with Gasteiger partial charge in [-0.05, 0) is 0 Å². The second-order valence-corrected chi connectivity index (χ2v) is 1.34. The Balaban J connectivity index is -0.0000000800. The third-order valence-electron chi connectivity index (χ3n) is 0. The molecule has 0 bridgehead atoms. The van der Waals surface area contributed by atoms with E-state index < -0.39 is 10.4 Å². The van der Waals surface area contributed by atoms with Crippen molar-refractivity contribution in [2.24, 2.45) is 0 Å². The summed E-state index contributed by atoms with van der Waals surface area (Å²) >= 11 is 0. The van der Waals surface area contributed by atoms with Crippen molar-refractivity contribution < 1.29 is 57.7 Å². The third kappa shape index (κ3) is 140. The smallest absolute Gasteiger partial charge is 0.264 e. The van der Waals surface area contributed by atoms with Crippen LogP contribution in [0, 0.1) is 0 Å². The van der Waals surface area contributed by atoms with Gasteiger partial charge in [0.1, 0.15) is 0 Å². The van der Waals surface area contributed by atoms with Crippen LogP contribution in [-0.4, -0.2) is 17.5 Å². The molecule has 0 amide bonds. The molecule has 0 aromatic rings. The Morgan fingerprint density at radius 3 is 1.00 bits per heavy atom. The average Bonchev–Trinajstić information content (AvgIpc) is 0.722. The number of hydrogen-bond donors (Lipinski definition) is 2. The molecule has 0 saturated carbocycles. The fourth-order valence-corrected chi connectivity index (χ4v) is 0. The van der Waals surface area contributed by atoms with Crippen molar-refractivity contribution in [2.45, 2.75) is 0 Å². The van der Waals surface area contributed by atoms with Gasteiger partial charge in [-0.15, -0.1) is 0 Å². The maximum absolute atomic E-state index is 8.74. The Morgan fingerprint density at radius 2 is 1.00 bits per heavy atom. The first-order chi connectivity index (χ1) is 2.00. The van der Waals surface area contributed by atoms with Crippen LogP contribution in [-0.2, 0) is 50.6 Å².